The fourth-order valence-electron chi connectivity index (χ4n) is 2.49. The maximum absolute atomic E-state index is 6.03. The Morgan fingerprint density at radius 3 is 2.83 bits per heavy atom. The molecule has 4 nitrogen and oxygen atoms in total. The molecule has 0 unspecified atom stereocenters. The van der Waals surface area contributed by atoms with E-state index in [4.69, 9.17) is 10.5 Å². The molecular weight excluding hydrogens is 298 g/mol. The Hall–Kier alpha value is -2.49. The smallest absolute Gasteiger partial charge is 0.193 e. The lowest BCUT2D eigenvalue weighted by atomic mass is 10.1. The van der Waals surface area contributed by atoms with Gasteiger partial charge in [0.25, 0.3) is 0 Å². The van der Waals surface area contributed by atoms with E-state index in [-0.39, 0.29) is 0 Å². The van der Waals surface area contributed by atoms with Crippen LogP contribution >= 0.6 is 0 Å². The monoisotopic (exact) mass is 323 g/mol. The minimum Gasteiger partial charge on any atom is -0.493 e. The molecule has 0 radical (unpaired) electrons. The van der Waals surface area contributed by atoms with Crippen LogP contribution in [0.25, 0.3) is 0 Å². The molecule has 0 amide bonds. The van der Waals surface area contributed by atoms with Crippen molar-refractivity contribution in [1.82, 2.24) is 0 Å². The maximum atomic E-state index is 6.03. The van der Waals surface area contributed by atoms with Gasteiger partial charge in [-0.15, -0.1) is 0 Å². The van der Waals surface area contributed by atoms with Crippen LogP contribution in [-0.4, -0.2) is 12.6 Å². The summed E-state index contributed by atoms with van der Waals surface area (Å²) in [5, 5.41) is 3.15. The van der Waals surface area contributed by atoms with Crippen LogP contribution in [-0.2, 0) is 13.0 Å². The molecular formula is C20H25N3O. The summed E-state index contributed by atoms with van der Waals surface area (Å²) >= 11 is 0. The van der Waals surface area contributed by atoms with Crippen LogP contribution in [0.2, 0.25) is 0 Å². The molecule has 0 bridgehead atoms. The Balaban J connectivity index is 1.61. The number of benzene rings is 2. The highest BCUT2D eigenvalue weighted by atomic mass is 16.5. The predicted molar refractivity (Wildman–Crippen MR) is 99.4 cm³/mol. The van der Waals surface area contributed by atoms with Gasteiger partial charge < -0.3 is 15.8 Å². The molecule has 0 spiro atoms. The van der Waals surface area contributed by atoms with Crippen molar-refractivity contribution in [2.75, 3.05) is 11.9 Å². The lowest BCUT2D eigenvalue weighted by Crippen LogP contribution is -2.22. The number of guanidine groups is 1. The molecule has 2 aromatic rings. The summed E-state index contributed by atoms with van der Waals surface area (Å²) in [4.78, 5) is 4.45. The minimum atomic E-state index is 0.417. The highest BCUT2D eigenvalue weighted by molar-refractivity contribution is 5.92. The van der Waals surface area contributed by atoms with Crippen LogP contribution < -0.4 is 15.8 Å². The summed E-state index contributed by atoms with van der Waals surface area (Å²) in [5.41, 5.74) is 9.32. The lowest BCUT2D eigenvalue weighted by molar-refractivity contribution is 0.297. The number of ether oxygens (including phenoxy) is 1. The number of aliphatic imine (C=N–C) groups is 1. The van der Waals surface area contributed by atoms with Gasteiger partial charge >= 0.3 is 0 Å². The second kappa shape index (κ2) is 7.86. The molecule has 24 heavy (non-hydrogen) atoms. The highest BCUT2D eigenvalue weighted by Crippen LogP contribution is 2.30. The second-order valence-corrected chi connectivity index (χ2v) is 6.24. The van der Waals surface area contributed by atoms with Gasteiger partial charge in [0.2, 0.25) is 0 Å². The molecule has 2 aromatic carbocycles. The first-order valence-corrected chi connectivity index (χ1v) is 8.61. The molecule has 1 saturated carbocycles. The van der Waals surface area contributed by atoms with Gasteiger partial charge in [-0.3, -0.25) is 0 Å². The number of nitrogens with two attached hydrogens (primary N) is 1. The zero-order chi connectivity index (χ0) is 16.8. The molecule has 1 aliphatic rings. The normalized spacial score (nSPS) is 14.5. The maximum Gasteiger partial charge on any atom is 0.193 e. The van der Waals surface area contributed by atoms with E-state index in [1.54, 1.807) is 0 Å². The molecule has 1 fully saturated rings. The molecule has 0 atom stereocenters. The number of para-hydroxylation sites is 1. The first-order chi connectivity index (χ1) is 11.7. The SMILES string of the molecule is CCc1cccc(NC(N)=NCc2ccccc2OCC2CC2)c1. The lowest BCUT2D eigenvalue weighted by Gasteiger charge is -2.10. The van der Waals surface area contributed by atoms with E-state index in [0.29, 0.717) is 12.5 Å². The number of hydrogen-bond acceptors (Lipinski definition) is 2. The van der Waals surface area contributed by atoms with Gasteiger partial charge in [-0.2, -0.15) is 0 Å². The Labute approximate surface area is 143 Å². The van der Waals surface area contributed by atoms with Crippen LogP contribution in [0.15, 0.2) is 53.5 Å². The van der Waals surface area contributed by atoms with Gasteiger partial charge in [-0.05, 0) is 48.9 Å². The van der Waals surface area contributed by atoms with Crippen LogP contribution in [0.5, 0.6) is 5.75 Å². The zero-order valence-corrected chi connectivity index (χ0v) is 14.2. The summed E-state index contributed by atoms with van der Waals surface area (Å²) in [6, 6.07) is 16.2. The summed E-state index contributed by atoms with van der Waals surface area (Å²) in [7, 11) is 0. The number of rotatable bonds is 7. The standard InChI is InChI=1S/C20H25N3O/c1-2-15-6-5-8-18(12-15)23-20(21)22-13-17-7-3-4-9-19(17)24-14-16-10-11-16/h3-9,12,16H,2,10-11,13-14H2,1H3,(H3,21,22,23). The average molecular weight is 323 g/mol. The molecule has 4 heteroatoms. The Morgan fingerprint density at radius 2 is 2.04 bits per heavy atom. The second-order valence-electron chi connectivity index (χ2n) is 6.24. The van der Waals surface area contributed by atoms with Crippen molar-refractivity contribution in [3.05, 3.63) is 59.7 Å². The van der Waals surface area contributed by atoms with Gasteiger partial charge in [-0.1, -0.05) is 37.3 Å². The first-order valence-electron chi connectivity index (χ1n) is 8.61. The molecule has 0 heterocycles. The third kappa shape index (κ3) is 4.75. The third-order valence-electron chi connectivity index (χ3n) is 4.17. The summed E-state index contributed by atoms with van der Waals surface area (Å²) in [5.74, 6) is 2.06. The molecule has 0 aliphatic heterocycles. The number of anilines is 1. The fourth-order valence-corrected chi connectivity index (χ4v) is 2.49. The van der Waals surface area contributed by atoms with E-state index >= 15 is 0 Å². The van der Waals surface area contributed by atoms with E-state index in [0.717, 1.165) is 35.9 Å². The van der Waals surface area contributed by atoms with E-state index in [2.05, 4.69) is 29.4 Å². The van der Waals surface area contributed by atoms with Crippen LogP contribution in [0, 0.1) is 5.92 Å². The van der Waals surface area contributed by atoms with Crippen molar-refractivity contribution in [1.29, 1.82) is 0 Å². The number of hydrogen-bond donors (Lipinski definition) is 2. The summed E-state index contributed by atoms with van der Waals surface area (Å²) in [6.07, 6.45) is 3.57. The van der Waals surface area contributed by atoms with Crippen molar-refractivity contribution in [2.45, 2.75) is 32.7 Å². The first kappa shape index (κ1) is 16.4. The van der Waals surface area contributed by atoms with Crippen molar-refractivity contribution < 1.29 is 4.74 Å². The zero-order valence-electron chi connectivity index (χ0n) is 14.2. The van der Waals surface area contributed by atoms with Gasteiger partial charge in [0.15, 0.2) is 5.96 Å². The Bertz CT molecular complexity index is 708. The molecule has 0 aromatic heterocycles. The molecule has 126 valence electrons. The van der Waals surface area contributed by atoms with E-state index in [1.165, 1.54) is 18.4 Å². The van der Waals surface area contributed by atoms with Crippen molar-refractivity contribution in [2.24, 2.45) is 16.6 Å². The third-order valence-corrected chi connectivity index (χ3v) is 4.17. The highest BCUT2D eigenvalue weighted by Gasteiger charge is 2.22. The molecule has 0 saturated heterocycles. The Kier molecular flexibility index (Phi) is 5.36. The van der Waals surface area contributed by atoms with E-state index in [9.17, 15) is 0 Å². The topological polar surface area (TPSA) is 59.6 Å². The fraction of sp³-hybridized carbons (Fsp3) is 0.350. The van der Waals surface area contributed by atoms with E-state index in [1.807, 2.05) is 36.4 Å². The van der Waals surface area contributed by atoms with Crippen molar-refractivity contribution >= 4 is 11.6 Å². The van der Waals surface area contributed by atoms with Crippen molar-refractivity contribution in [3.63, 3.8) is 0 Å². The summed E-state index contributed by atoms with van der Waals surface area (Å²) < 4.78 is 5.91. The van der Waals surface area contributed by atoms with Gasteiger partial charge in [0.1, 0.15) is 5.75 Å². The van der Waals surface area contributed by atoms with Gasteiger partial charge in [0, 0.05) is 11.3 Å². The summed E-state index contributed by atoms with van der Waals surface area (Å²) in [6.45, 7) is 3.44. The van der Waals surface area contributed by atoms with Crippen LogP contribution in [0.3, 0.4) is 0 Å². The largest absolute Gasteiger partial charge is 0.493 e. The quantitative estimate of drug-likeness (QED) is 0.599. The molecule has 1 aliphatic carbocycles. The number of nitrogens with zero attached hydrogens (tertiary/aromatic N) is 1. The van der Waals surface area contributed by atoms with Crippen LogP contribution in [0.4, 0.5) is 5.69 Å². The molecule has 3 N–H and O–H groups in total. The number of aryl methyl sites for hydroxylation is 1. The minimum absolute atomic E-state index is 0.417. The Morgan fingerprint density at radius 1 is 1.21 bits per heavy atom. The number of nitrogens with one attached hydrogen (secondary N) is 1. The predicted octanol–water partition coefficient (Wildman–Crippen LogP) is 3.96. The average Bonchev–Trinajstić information content (AvgIpc) is 3.43. The van der Waals surface area contributed by atoms with E-state index < -0.39 is 0 Å². The van der Waals surface area contributed by atoms with Crippen molar-refractivity contribution in [3.8, 4) is 5.75 Å². The van der Waals surface area contributed by atoms with Crippen LogP contribution in [0.1, 0.15) is 30.9 Å². The molecule has 3 rings (SSSR count). The van der Waals surface area contributed by atoms with Gasteiger partial charge in [0.05, 0.1) is 13.2 Å². The van der Waals surface area contributed by atoms with Gasteiger partial charge in [-0.25, -0.2) is 4.99 Å².